The highest BCUT2D eigenvalue weighted by molar-refractivity contribution is 6.32. The van der Waals surface area contributed by atoms with Gasteiger partial charge in [0.15, 0.2) is 6.29 Å². The predicted molar refractivity (Wildman–Crippen MR) is 74.1 cm³/mol. The molecule has 0 saturated carbocycles. The van der Waals surface area contributed by atoms with Crippen molar-refractivity contribution in [1.82, 2.24) is 9.78 Å². The Morgan fingerprint density at radius 1 is 1.42 bits per heavy atom. The molecule has 0 aliphatic carbocycles. The van der Waals surface area contributed by atoms with Crippen molar-refractivity contribution in [3.63, 3.8) is 0 Å². The van der Waals surface area contributed by atoms with Crippen molar-refractivity contribution in [2.24, 2.45) is 0 Å². The number of carbonyl (C=O) groups excluding carboxylic acids is 1. The number of hydrogen-bond acceptors (Lipinski definition) is 3. The van der Waals surface area contributed by atoms with Crippen molar-refractivity contribution in [3.8, 4) is 5.69 Å². The molecular weight excluding hydrogens is 264 g/mol. The molecule has 0 atom stereocenters. The number of ether oxygens (including phenoxy) is 1. The fraction of sp³-hybridized carbons (Fsp3) is 0.286. The number of carbonyl (C=O) groups is 1. The van der Waals surface area contributed by atoms with Crippen LogP contribution in [-0.4, -0.2) is 23.2 Å². The summed E-state index contributed by atoms with van der Waals surface area (Å²) >= 11 is 6.23. The monoisotopic (exact) mass is 278 g/mol. The molecule has 2 aromatic rings. The van der Waals surface area contributed by atoms with Gasteiger partial charge in [-0.05, 0) is 25.5 Å². The molecule has 1 aromatic carbocycles. The Morgan fingerprint density at radius 3 is 2.74 bits per heavy atom. The minimum absolute atomic E-state index is 0.256. The van der Waals surface area contributed by atoms with Gasteiger partial charge < -0.3 is 4.74 Å². The smallest absolute Gasteiger partial charge is 0.155 e. The minimum Gasteiger partial charge on any atom is -0.378 e. The predicted octanol–water partition coefficient (Wildman–Crippen LogP) is 3.10. The van der Waals surface area contributed by atoms with Crippen molar-refractivity contribution in [1.29, 1.82) is 0 Å². The highest BCUT2D eigenvalue weighted by Crippen LogP contribution is 2.25. The lowest BCUT2D eigenvalue weighted by atomic mass is 10.1. The lowest BCUT2D eigenvalue weighted by Crippen LogP contribution is -2.00. The molecule has 0 radical (unpaired) electrons. The van der Waals surface area contributed by atoms with E-state index in [1.807, 2.05) is 32.0 Å². The summed E-state index contributed by atoms with van der Waals surface area (Å²) in [5.41, 5.74) is 4.00. The number of nitrogens with zero attached hydrogens (tertiary/aromatic N) is 2. The van der Waals surface area contributed by atoms with Gasteiger partial charge in [0.05, 0.1) is 17.9 Å². The van der Waals surface area contributed by atoms with Crippen LogP contribution in [0.15, 0.2) is 18.2 Å². The van der Waals surface area contributed by atoms with Crippen LogP contribution in [-0.2, 0) is 11.3 Å². The Morgan fingerprint density at radius 2 is 2.16 bits per heavy atom. The van der Waals surface area contributed by atoms with Crippen molar-refractivity contribution >= 4 is 17.9 Å². The van der Waals surface area contributed by atoms with Crippen LogP contribution in [0.4, 0.5) is 0 Å². The van der Waals surface area contributed by atoms with Gasteiger partial charge in [-0.3, -0.25) is 4.79 Å². The van der Waals surface area contributed by atoms with Crippen LogP contribution in [0.1, 0.15) is 27.2 Å². The van der Waals surface area contributed by atoms with Crippen LogP contribution < -0.4 is 0 Å². The Hall–Kier alpha value is -1.65. The standard InChI is InChI=1S/C14H15ClN2O2/c1-9-4-5-13(10(2)6-9)17-14(15)11(7-18)12(16-17)8-19-3/h4-7H,8H2,1-3H3. The summed E-state index contributed by atoms with van der Waals surface area (Å²) in [4.78, 5) is 11.1. The lowest BCUT2D eigenvalue weighted by molar-refractivity contribution is 0.111. The Labute approximate surface area is 116 Å². The van der Waals surface area contributed by atoms with E-state index in [-0.39, 0.29) is 6.61 Å². The SMILES string of the molecule is COCc1nn(-c2ccc(C)cc2C)c(Cl)c1C=O. The van der Waals surface area contributed by atoms with Crippen molar-refractivity contribution in [2.75, 3.05) is 7.11 Å². The third kappa shape index (κ3) is 2.55. The first-order valence-corrected chi connectivity index (χ1v) is 6.25. The van der Waals surface area contributed by atoms with Crippen LogP contribution in [0.2, 0.25) is 5.15 Å². The van der Waals surface area contributed by atoms with Gasteiger partial charge in [0.2, 0.25) is 0 Å². The Bertz CT molecular complexity index is 620. The molecule has 5 heteroatoms. The second kappa shape index (κ2) is 5.55. The Balaban J connectivity index is 2.59. The van der Waals surface area contributed by atoms with E-state index in [1.54, 1.807) is 11.8 Å². The number of halogens is 1. The van der Waals surface area contributed by atoms with E-state index < -0.39 is 0 Å². The number of aromatic nitrogens is 2. The highest BCUT2D eigenvalue weighted by atomic mass is 35.5. The topological polar surface area (TPSA) is 44.1 Å². The molecule has 0 fully saturated rings. The second-order valence-electron chi connectivity index (χ2n) is 4.40. The molecule has 100 valence electrons. The van der Waals surface area contributed by atoms with Gasteiger partial charge in [-0.2, -0.15) is 5.10 Å². The number of benzene rings is 1. The molecule has 19 heavy (non-hydrogen) atoms. The third-order valence-electron chi connectivity index (χ3n) is 2.92. The van der Waals surface area contributed by atoms with Crippen molar-refractivity contribution < 1.29 is 9.53 Å². The van der Waals surface area contributed by atoms with Gasteiger partial charge in [-0.15, -0.1) is 0 Å². The van der Waals surface area contributed by atoms with Crippen LogP contribution in [0.3, 0.4) is 0 Å². The first kappa shape index (κ1) is 13.8. The first-order chi connectivity index (χ1) is 9.08. The van der Waals surface area contributed by atoms with E-state index in [0.717, 1.165) is 16.8 Å². The van der Waals surface area contributed by atoms with Crippen molar-refractivity contribution in [3.05, 3.63) is 45.7 Å². The lowest BCUT2D eigenvalue weighted by Gasteiger charge is -2.07. The minimum atomic E-state index is 0.256. The zero-order valence-electron chi connectivity index (χ0n) is 11.1. The number of rotatable bonds is 4. The van der Waals surface area contributed by atoms with E-state index in [0.29, 0.717) is 22.7 Å². The van der Waals surface area contributed by atoms with E-state index >= 15 is 0 Å². The average molecular weight is 279 g/mol. The van der Waals surface area contributed by atoms with Crippen LogP contribution in [0.5, 0.6) is 0 Å². The maximum Gasteiger partial charge on any atom is 0.155 e. The largest absolute Gasteiger partial charge is 0.378 e. The van der Waals surface area contributed by atoms with E-state index in [9.17, 15) is 4.79 Å². The van der Waals surface area contributed by atoms with Gasteiger partial charge in [-0.25, -0.2) is 4.68 Å². The molecule has 1 aromatic heterocycles. The third-order valence-corrected chi connectivity index (χ3v) is 3.28. The summed E-state index contributed by atoms with van der Waals surface area (Å²) < 4.78 is 6.61. The van der Waals surface area contributed by atoms with Crippen LogP contribution in [0, 0.1) is 13.8 Å². The number of aldehydes is 1. The molecule has 0 unspecified atom stereocenters. The highest BCUT2D eigenvalue weighted by Gasteiger charge is 2.17. The van der Waals surface area contributed by atoms with E-state index in [4.69, 9.17) is 16.3 Å². The number of hydrogen-bond donors (Lipinski definition) is 0. The summed E-state index contributed by atoms with van der Waals surface area (Å²) in [6.07, 6.45) is 0.712. The average Bonchev–Trinajstić information content (AvgIpc) is 2.66. The quantitative estimate of drug-likeness (QED) is 0.807. The summed E-state index contributed by atoms with van der Waals surface area (Å²) in [5, 5.41) is 4.67. The summed E-state index contributed by atoms with van der Waals surface area (Å²) in [7, 11) is 1.55. The maximum atomic E-state index is 11.1. The van der Waals surface area contributed by atoms with E-state index in [2.05, 4.69) is 5.10 Å². The Kier molecular flexibility index (Phi) is 4.02. The molecule has 0 amide bonds. The van der Waals surface area contributed by atoms with Gasteiger partial charge in [-0.1, -0.05) is 29.3 Å². The number of methoxy groups -OCH3 is 1. The van der Waals surface area contributed by atoms with Gasteiger partial charge in [0.1, 0.15) is 10.8 Å². The first-order valence-electron chi connectivity index (χ1n) is 5.87. The van der Waals surface area contributed by atoms with Crippen molar-refractivity contribution in [2.45, 2.75) is 20.5 Å². The molecule has 0 saturated heterocycles. The normalized spacial score (nSPS) is 10.7. The molecule has 2 rings (SSSR count). The van der Waals surface area contributed by atoms with Crippen LogP contribution in [0.25, 0.3) is 5.69 Å². The second-order valence-corrected chi connectivity index (χ2v) is 4.76. The zero-order valence-corrected chi connectivity index (χ0v) is 11.9. The zero-order chi connectivity index (χ0) is 14.0. The molecule has 0 aliphatic heterocycles. The van der Waals surface area contributed by atoms with Gasteiger partial charge >= 0.3 is 0 Å². The summed E-state index contributed by atoms with van der Waals surface area (Å²) in [5.74, 6) is 0. The molecular formula is C14H15ClN2O2. The van der Waals surface area contributed by atoms with E-state index in [1.165, 1.54) is 0 Å². The number of aryl methyl sites for hydroxylation is 2. The van der Waals surface area contributed by atoms with Gasteiger partial charge in [0, 0.05) is 7.11 Å². The van der Waals surface area contributed by atoms with Crippen LogP contribution >= 0.6 is 11.6 Å². The molecule has 0 spiro atoms. The molecule has 0 bridgehead atoms. The fourth-order valence-electron chi connectivity index (χ4n) is 2.01. The summed E-state index contributed by atoms with van der Waals surface area (Å²) in [6.45, 7) is 4.26. The summed E-state index contributed by atoms with van der Waals surface area (Å²) in [6, 6.07) is 5.97. The molecule has 4 nitrogen and oxygen atoms in total. The molecule has 0 aliphatic rings. The van der Waals surface area contributed by atoms with Gasteiger partial charge in [0.25, 0.3) is 0 Å². The molecule has 1 heterocycles. The molecule has 0 N–H and O–H groups in total. The maximum absolute atomic E-state index is 11.1. The fourth-order valence-corrected chi connectivity index (χ4v) is 2.30.